The van der Waals surface area contributed by atoms with E-state index >= 15 is 0 Å². The van der Waals surface area contributed by atoms with E-state index in [4.69, 9.17) is 13.9 Å². The normalized spacial score (nSPS) is 15.2. The number of rotatable bonds is 11. The van der Waals surface area contributed by atoms with Gasteiger partial charge in [0, 0.05) is 22.9 Å². The highest BCUT2D eigenvalue weighted by Gasteiger charge is 2.44. The zero-order valence-electron chi connectivity index (χ0n) is 34.2. The van der Waals surface area contributed by atoms with Gasteiger partial charge in [-0.1, -0.05) is 182 Å². The second-order valence-corrected chi connectivity index (χ2v) is 21.5. The van der Waals surface area contributed by atoms with E-state index < -0.39 is 25.7 Å². The lowest BCUT2D eigenvalue weighted by molar-refractivity contribution is -0.133. The first-order chi connectivity index (χ1) is 30.5. The molecule has 7 aromatic rings. The summed E-state index contributed by atoms with van der Waals surface area (Å²) in [5.41, 5.74) is 3.83. The Hall–Kier alpha value is -6.97. The third-order valence-electron chi connectivity index (χ3n) is 11.6. The van der Waals surface area contributed by atoms with Crippen LogP contribution in [0.15, 0.2) is 210 Å². The lowest BCUT2D eigenvalue weighted by Crippen LogP contribution is -2.36. The van der Waals surface area contributed by atoms with E-state index in [1.165, 1.54) is 14.2 Å². The van der Waals surface area contributed by atoms with Gasteiger partial charge in [0.25, 0.3) is 0 Å². The number of benzene rings is 6. The Balaban J connectivity index is 1.52. The second-order valence-electron chi connectivity index (χ2n) is 14.8. The van der Waals surface area contributed by atoms with Crippen molar-refractivity contribution in [1.29, 1.82) is 0 Å². The van der Waals surface area contributed by atoms with Crippen LogP contribution in [0.4, 0.5) is 0 Å². The van der Waals surface area contributed by atoms with Gasteiger partial charge < -0.3 is 18.7 Å². The molecule has 0 atom stereocenters. The van der Waals surface area contributed by atoms with Gasteiger partial charge >= 0.3 is 11.9 Å². The number of aldehydes is 1. The highest BCUT2D eigenvalue weighted by molar-refractivity contribution is 7.97. The summed E-state index contributed by atoms with van der Waals surface area (Å²) in [4.78, 5) is 42.4. The number of methoxy groups -OCH3 is 2. The fourth-order valence-corrected chi connectivity index (χ4v) is 18.1. The molecule has 0 N–H and O–H groups in total. The van der Waals surface area contributed by atoms with Gasteiger partial charge in [0.15, 0.2) is 0 Å². The summed E-state index contributed by atoms with van der Waals surface area (Å²) in [5, 5.41) is 6.26. The van der Waals surface area contributed by atoms with Gasteiger partial charge in [-0.25, -0.2) is 9.59 Å². The summed E-state index contributed by atoms with van der Waals surface area (Å²) in [7, 11) is 2.83. The van der Waals surface area contributed by atoms with Crippen molar-refractivity contribution in [2.24, 2.45) is 0 Å². The van der Waals surface area contributed by atoms with Crippen LogP contribution in [-0.2, 0) is 23.9 Å². The molecule has 6 nitrogen and oxygen atoms in total. The maximum Gasteiger partial charge on any atom is 0.338 e. The Morgan fingerprint density at radius 2 is 0.887 bits per heavy atom. The van der Waals surface area contributed by atoms with Gasteiger partial charge in [-0.15, -0.1) is 0 Å². The minimum absolute atomic E-state index is 0.0124. The van der Waals surface area contributed by atoms with Crippen LogP contribution in [0, 0.1) is 0 Å². The van der Waals surface area contributed by atoms with Gasteiger partial charge in [-0.05, 0) is 75.2 Å². The zero-order valence-corrected chi connectivity index (χ0v) is 36.0. The SMILES string of the molecule is COC(=O)C1=P(c2ccccc2)(c2ccccc2)C(CC=O)=C(c2cc3c(o2)C(c2ccccc2)=CC(C(=O)OC)=P3(c2ccccc2)c2ccccc2)C(c2ccccc2)=C1. The molecule has 0 aliphatic carbocycles. The van der Waals surface area contributed by atoms with Crippen LogP contribution in [0.5, 0.6) is 0 Å². The first kappa shape index (κ1) is 40.4. The third-order valence-corrected chi connectivity index (χ3v) is 20.3. The van der Waals surface area contributed by atoms with Crippen molar-refractivity contribution >= 4 is 85.8 Å². The minimum Gasteiger partial charge on any atom is -0.465 e. The average Bonchev–Trinajstić information content (AvgIpc) is 3.80. The van der Waals surface area contributed by atoms with Crippen LogP contribution in [0.3, 0.4) is 0 Å². The van der Waals surface area contributed by atoms with Crippen molar-refractivity contribution in [3.63, 3.8) is 0 Å². The van der Waals surface area contributed by atoms with Crippen molar-refractivity contribution in [2.75, 3.05) is 14.2 Å². The Morgan fingerprint density at radius 1 is 0.516 bits per heavy atom. The molecule has 6 aromatic carbocycles. The van der Waals surface area contributed by atoms with E-state index in [1.54, 1.807) is 0 Å². The van der Waals surface area contributed by atoms with E-state index in [2.05, 4.69) is 30.3 Å². The van der Waals surface area contributed by atoms with Gasteiger partial charge in [-0.3, -0.25) is 0 Å². The predicted octanol–water partition coefficient (Wildman–Crippen LogP) is 8.78. The molecule has 0 bridgehead atoms. The van der Waals surface area contributed by atoms with Crippen molar-refractivity contribution in [2.45, 2.75) is 6.42 Å². The molecule has 0 spiro atoms. The Labute approximate surface area is 361 Å². The minimum atomic E-state index is -3.18. The maximum absolute atomic E-state index is 14.5. The van der Waals surface area contributed by atoms with Crippen molar-refractivity contribution in [1.82, 2.24) is 0 Å². The molecule has 304 valence electrons. The van der Waals surface area contributed by atoms with Gasteiger partial charge in [0.05, 0.1) is 24.8 Å². The Morgan fingerprint density at radius 3 is 1.31 bits per heavy atom. The summed E-state index contributed by atoms with van der Waals surface area (Å²) in [6, 6.07) is 62.0. The molecule has 1 aromatic heterocycles. The van der Waals surface area contributed by atoms with Crippen LogP contribution < -0.4 is 26.5 Å². The Kier molecular flexibility index (Phi) is 11.2. The van der Waals surface area contributed by atoms with Crippen molar-refractivity contribution in [3.8, 4) is 0 Å². The number of esters is 2. The fraction of sp³-hybridized carbons (Fsp3) is 0.0556. The van der Waals surface area contributed by atoms with Gasteiger partial charge in [0.2, 0.25) is 0 Å². The van der Waals surface area contributed by atoms with Crippen LogP contribution >= 0.6 is 13.8 Å². The number of ether oxygens (including phenoxy) is 2. The van der Waals surface area contributed by atoms with E-state index in [-0.39, 0.29) is 6.42 Å². The summed E-state index contributed by atoms with van der Waals surface area (Å²) in [5.74, 6) is 0.194. The molecule has 0 radical (unpaired) electrons. The lowest BCUT2D eigenvalue weighted by Gasteiger charge is -2.37. The number of hydrogen-bond donors (Lipinski definition) is 0. The predicted molar refractivity (Wildman–Crippen MR) is 256 cm³/mol. The molecule has 0 saturated carbocycles. The summed E-state index contributed by atoms with van der Waals surface area (Å²) in [6.07, 6.45) is 4.82. The molecule has 0 fully saturated rings. The second kappa shape index (κ2) is 17.2. The van der Waals surface area contributed by atoms with Crippen LogP contribution in [0.1, 0.15) is 29.1 Å². The molecular weight excluding hydrogens is 807 g/mol. The van der Waals surface area contributed by atoms with Crippen LogP contribution in [-0.4, -0.2) is 43.0 Å². The molecule has 0 unspecified atom stereocenters. The highest BCUT2D eigenvalue weighted by Crippen LogP contribution is 2.63. The van der Waals surface area contributed by atoms with E-state index in [1.807, 2.05) is 170 Å². The fourth-order valence-electron chi connectivity index (χ4n) is 9.07. The summed E-state index contributed by atoms with van der Waals surface area (Å²) in [6.45, 7) is -6.25. The monoisotopic (exact) mass is 848 g/mol. The van der Waals surface area contributed by atoms with E-state index in [0.29, 0.717) is 33.3 Å². The van der Waals surface area contributed by atoms with E-state index in [0.717, 1.165) is 54.8 Å². The molecule has 9 rings (SSSR count). The number of allylic oxidation sites excluding steroid dienone is 3. The quantitative estimate of drug-likeness (QED) is 0.0736. The van der Waals surface area contributed by atoms with Gasteiger partial charge in [0.1, 0.15) is 17.8 Å². The molecule has 8 heteroatoms. The standard InChI is InChI=1S/C54H42O6P2/c1-58-53(56)49-35-44(38-21-9-3-10-22-38)51(47(33-34-55)61(49,40-25-13-5-14-26-40)41-27-15-6-16-28-41)46-37-48-52(60-46)45(39-23-11-4-12-24-39)36-50(54(57)59-2)62(48,42-29-17-7-18-30-42)43-31-19-8-20-32-43/h3-32,34-37H,33H2,1-2H3. The molecule has 3 heterocycles. The van der Waals surface area contributed by atoms with E-state index in [9.17, 15) is 14.4 Å². The van der Waals surface area contributed by atoms with Gasteiger partial charge in [-0.2, -0.15) is 0 Å². The Bertz CT molecular complexity index is 2950. The number of furan rings is 1. The third kappa shape index (κ3) is 6.55. The zero-order chi connectivity index (χ0) is 42.7. The largest absolute Gasteiger partial charge is 0.465 e. The number of fused-ring (bicyclic) bond motifs is 1. The van der Waals surface area contributed by atoms with Crippen molar-refractivity contribution in [3.05, 3.63) is 228 Å². The average molecular weight is 849 g/mol. The number of carbonyl (C=O) groups is 3. The smallest absolute Gasteiger partial charge is 0.338 e. The molecule has 0 saturated heterocycles. The number of hydrogen-bond acceptors (Lipinski definition) is 6. The number of carbonyl (C=O) groups excluding carboxylic acids is 3. The first-order valence-corrected chi connectivity index (χ1v) is 23.9. The van der Waals surface area contributed by atoms with Crippen molar-refractivity contribution < 1.29 is 28.3 Å². The molecule has 2 aliphatic rings. The molecular formula is C54H42O6P2. The summed E-state index contributed by atoms with van der Waals surface area (Å²) >= 11 is 0. The molecule has 62 heavy (non-hydrogen) atoms. The lowest BCUT2D eigenvalue weighted by atomic mass is 9.93. The maximum atomic E-state index is 14.5. The van der Waals surface area contributed by atoms with Crippen LogP contribution in [0.2, 0.25) is 0 Å². The molecule has 2 aliphatic heterocycles. The summed E-state index contributed by atoms with van der Waals surface area (Å²) < 4.78 is 18.8. The topological polar surface area (TPSA) is 82.8 Å². The molecule has 0 amide bonds. The first-order valence-electron chi connectivity index (χ1n) is 20.3. The highest BCUT2D eigenvalue weighted by atomic mass is 31.2. The van der Waals surface area contributed by atoms with Crippen LogP contribution in [0.25, 0.3) is 16.7 Å².